The minimum Gasteiger partial charge on any atom is -0.324 e. The van der Waals surface area contributed by atoms with Crippen molar-refractivity contribution in [2.24, 2.45) is 5.73 Å². The normalized spacial score (nSPS) is 23.0. The van der Waals surface area contributed by atoms with Gasteiger partial charge >= 0.3 is 0 Å². The first-order valence-corrected chi connectivity index (χ1v) is 15.4. The summed E-state index contributed by atoms with van der Waals surface area (Å²) in [5.74, 6) is -4.59. The van der Waals surface area contributed by atoms with Crippen molar-refractivity contribution in [2.75, 3.05) is 24.2 Å². The Balaban J connectivity index is 1.38. The zero-order valence-corrected chi connectivity index (χ0v) is 23.5. The maximum atomic E-state index is 15.1. The van der Waals surface area contributed by atoms with E-state index in [2.05, 4.69) is 10.6 Å². The van der Waals surface area contributed by atoms with Crippen molar-refractivity contribution in [2.45, 2.75) is 49.7 Å². The van der Waals surface area contributed by atoms with Crippen molar-refractivity contribution in [1.29, 1.82) is 0 Å². The van der Waals surface area contributed by atoms with Crippen LogP contribution in [0.25, 0.3) is 0 Å². The number of sulfonamides is 1. The van der Waals surface area contributed by atoms with E-state index in [1.807, 2.05) is 0 Å². The highest BCUT2D eigenvalue weighted by atomic mass is 32.2. The number of nitrogens with one attached hydrogen (secondary N) is 2. The number of amides is 1. The maximum absolute atomic E-state index is 15.1. The number of nitrogens with two attached hydrogens (primary N) is 1. The molecule has 0 radical (unpaired) electrons. The van der Waals surface area contributed by atoms with Crippen LogP contribution in [0.15, 0.2) is 60.7 Å². The molecule has 7 nitrogen and oxygen atoms in total. The molecule has 3 aromatic rings. The van der Waals surface area contributed by atoms with E-state index in [9.17, 15) is 26.4 Å². The smallest absolute Gasteiger partial charge is 0.242 e. The standard InChI is InChI=1S/C30H32F4N4O3S/c31-20-8-6-18(7-9-20)28(19-13-21(32)15-22(33)14-19)29(35)30(39)37-27-5-1-4-26(34)25(27)11-10-24-16-36-23-3-2-12-42(40,41)38(24)17-23/h1,4-9,13-15,23-24,28-29,36H,2-3,10-12,16-17,35H2,(H,37,39)/t23?,24?,28?,29-/m0/s1. The Bertz CT molecular complexity index is 1530. The molecule has 12 heteroatoms. The fourth-order valence-corrected chi connectivity index (χ4v) is 7.69. The molecule has 5 rings (SSSR count). The molecule has 0 aromatic heterocycles. The number of anilines is 1. The highest BCUT2D eigenvalue weighted by Crippen LogP contribution is 2.31. The average molecular weight is 605 g/mol. The number of hydrogen-bond acceptors (Lipinski definition) is 5. The summed E-state index contributed by atoms with van der Waals surface area (Å²) in [7, 11) is -3.43. The van der Waals surface area contributed by atoms with Crippen LogP contribution < -0.4 is 16.4 Å². The van der Waals surface area contributed by atoms with Gasteiger partial charge in [-0.1, -0.05) is 18.2 Å². The van der Waals surface area contributed by atoms with E-state index >= 15 is 4.39 Å². The molecule has 42 heavy (non-hydrogen) atoms. The lowest BCUT2D eigenvalue weighted by atomic mass is 9.84. The molecule has 2 heterocycles. The molecule has 0 spiro atoms. The minimum atomic E-state index is -3.43. The first-order valence-electron chi connectivity index (χ1n) is 13.8. The quantitative estimate of drug-likeness (QED) is 0.337. The molecule has 5 atom stereocenters. The number of carbonyl (C=O) groups is 1. The second kappa shape index (κ2) is 12.5. The van der Waals surface area contributed by atoms with Gasteiger partial charge in [-0.2, -0.15) is 4.31 Å². The molecule has 0 saturated carbocycles. The van der Waals surface area contributed by atoms with Gasteiger partial charge in [-0.05, 0) is 73.2 Å². The first kappa shape index (κ1) is 30.1. The van der Waals surface area contributed by atoms with Crippen LogP contribution in [0.4, 0.5) is 23.2 Å². The molecule has 2 fully saturated rings. The Hall–Kier alpha value is -3.32. The first-order chi connectivity index (χ1) is 20.0. The number of nitrogens with zero attached hydrogens (tertiary/aromatic N) is 1. The van der Waals surface area contributed by atoms with E-state index in [1.165, 1.54) is 34.6 Å². The third-order valence-electron chi connectivity index (χ3n) is 8.00. The average Bonchev–Trinajstić information content (AvgIpc) is 3.05. The van der Waals surface area contributed by atoms with E-state index in [1.54, 1.807) is 0 Å². The Morgan fingerprint density at radius 2 is 1.71 bits per heavy atom. The lowest BCUT2D eigenvalue weighted by Crippen LogP contribution is -2.57. The zero-order chi connectivity index (χ0) is 30.0. The van der Waals surface area contributed by atoms with E-state index in [0.717, 1.165) is 30.7 Å². The SMILES string of the molecule is N[C@H](C(=O)Nc1cccc(F)c1CCC1CNC2CCCS(=O)(=O)N1C2)C(c1ccc(F)cc1)c1cc(F)cc(F)c1. The summed E-state index contributed by atoms with van der Waals surface area (Å²) in [6.45, 7) is 0.808. The van der Waals surface area contributed by atoms with E-state index in [-0.39, 0.29) is 41.1 Å². The number of fused-ring (bicyclic) bond motifs is 2. The summed E-state index contributed by atoms with van der Waals surface area (Å²) in [6.07, 6.45) is 1.80. The molecule has 0 aliphatic carbocycles. The van der Waals surface area contributed by atoms with Crippen molar-refractivity contribution >= 4 is 21.6 Å². The van der Waals surface area contributed by atoms with Crippen molar-refractivity contribution in [3.05, 3.63) is 101 Å². The van der Waals surface area contributed by atoms with Gasteiger partial charge in [0.2, 0.25) is 15.9 Å². The molecular weight excluding hydrogens is 572 g/mol. The summed E-state index contributed by atoms with van der Waals surface area (Å²) in [4.78, 5) is 13.5. The monoisotopic (exact) mass is 604 g/mol. The topological polar surface area (TPSA) is 105 Å². The molecule has 2 aliphatic rings. The van der Waals surface area contributed by atoms with Crippen LogP contribution in [-0.4, -0.2) is 55.6 Å². The third-order valence-corrected chi connectivity index (χ3v) is 9.97. The number of rotatable bonds is 8. The molecule has 4 N–H and O–H groups in total. The van der Waals surface area contributed by atoms with Gasteiger partial charge in [-0.3, -0.25) is 4.79 Å². The highest BCUT2D eigenvalue weighted by Gasteiger charge is 2.38. The summed E-state index contributed by atoms with van der Waals surface area (Å²) in [5, 5.41) is 6.04. The molecular formula is C30H32F4N4O3S. The Morgan fingerprint density at radius 1 is 1.00 bits per heavy atom. The molecule has 2 aliphatic heterocycles. The van der Waals surface area contributed by atoms with Crippen molar-refractivity contribution in [1.82, 2.24) is 9.62 Å². The second-order valence-electron chi connectivity index (χ2n) is 10.8. The fourth-order valence-electron chi connectivity index (χ4n) is 5.89. The molecule has 224 valence electrons. The van der Waals surface area contributed by atoms with Gasteiger partial charge < -0.3 is 16.4 Å². The predicted molar refractivity (Wildman–Crippen MR) is 151 cm³/mol. The number of carbonyl (C=O) groups excluding carboxylic acids is 1. The lowest BCUT2D eigenvalue weighted by molar-refractivity contribution is -0.117. The summed E-state index contributed by atoms with van der Waals surface area (Å²) >= 11 is 0. The van der Waals surface area contributed by atoms with Gasteiger partial charge in [0.1, 0.15) is 23.3 Å². The van der Waals surface area contributed by atoms with Gasteiger partial charge in [-0.15, -0.1) is 0 Å². The summed E-state index contributed by atoms with van der Waals surface area (Å²) in [6, 6.07) is 10.4. The molecule has 4 unspecified atom stereocenters. The predicted octanol–water partition coefficient (Wildman–Crippen LogP) is 4.04. The van der Waals surface area contributed by atoms with Crippen molar-refractivity contribution < 1.29 is 30.8 Å². The minimum absolute atomic E-state index is 0.0722. The van der Waals surface area contributed by atoms with Crippen LogP contribution in [0.5, 0.6) is 0 Å². The van der Waals surface area contributed by atoms with Crippen molar-refractivity contribution in [3.8, 4) is 0 Å². The summed E-state index contributed by atoms with van der Waals surface area (Å²) in [5.41, 5.74) is 7.12. The molecule has 3 aromatic carbocycles. The third kappa shape index (κ3) is 6.67. The van der Waals surface area contributed by atoms with Crippen LogP contribution in [-0.2, 0) is 21.2 Å². The Labute approximate surface area is 242 Å². The van der Waals surface area contributed by atoms with Gasteiger partial charge in [-0.25, -0.2) is 26.0 Å². The van der Waals surface area contributed by atoms with Crippen LogP contribution >= 0.6 is 0 Å². The lowest BCUT2D eigenvalue weighted by Gasteiger charge is -2.37. The van der Waals surface area contributed by atoms with Crippen LogP contribution in [0.2, 0.25) is 0 Å². The van der Waals surface area contributed by atoms with Crippen LogP contribution in [0, 0.1) is 23.3 Å². The highest BCUT2D eigenvalue weighted by molar-refractivity contribution is 7.89. The maximum Gasteiger partial charge on any atom is 0.242 e. The zero-order valence-electron chi connectivity index (χ0n) is 22.7. The van der Waals surface area contributed by atoms with E-state index in [0.29, 0.717) is 37.6 Å². The van der Waals surface area contributed by atoms with E-state index < -0.39 is 51.2 Å². The Morgan fingerprint density at radius 3 is 2.43 bits per heavy atom. The van der Waals surface area contributed by atoms with Gasteiger partial charge in [0, 0.05) is 48.4 Å². The van der Waals surface area contributed by atoms with Gasteiger partial charge in [0.15, 0.2) is 0 Å². The number of halogens is 4. The van der Waals surface area contributed by atoms with E-state index in [4.69, 9.17) is 5.73 Å². The van der Waals surface area contributed by atoms with Crippen LogP contribution in [0.1, 0.15) is 41.9 Å². The van der Waals surface area contributed by atoms with Gasteiger partial charge in [0.05, 0.1) is 11.8 Å². The number of piperazine rings is 1. The van der Waals surface area contributed by atoms with Crippen LogP contribution in [0.3, 0.4) is 0 Å². The second-order valence-corrected chi connectivity index (χ2v) is 12.9. The van der Waals surface area contributed by atoms with Crippen molar-refractivity contribution in [3.63, 3.8) is 0 Å². The molecule has 2 saturated heterocycles. The number of hydrogen-bond donors (Lipinski definition) is 3. The Kier molecular flexibility index (Phi) is 8.97. The molecule has 2 bridgehead atoms. The largest absolute Gasteiger partial charge is 0.324 e. The summed E-state index contributed by atoms with van der Waals surface area (Å²) < 4.78 is 84.2. The van der Waals surface area contributed by atoms with Gasteiger partial charge in [0.25, 0.3) is 0 Å². The number of benzene rings is 3. The fraction of sp³-hybridized carbons (Fsp3) is 0.367. The molecule has 1 amide bonds.